The van der Waals surface area contributed by atoms with E-state index in [0.29, 0.717) is 23.8 Å². The summed E-state index contributed by atoms with van der Waals surface area (Å²) in [4.78, 5) is 28.7. The second-order valence-electron chi connectivity index (χ2n) is 8.94. The average molecular weight is 465 g/mol. The van der Waals surface area contributed by atoms with Crippen LogP contribution in [0.3, 0.4) is 0 Å². The monoisotopic (exact) mass is 464 g/mol. The third kappa shape index (κ3) is 4.05. The number of ether oxygens (including phenoxy) is 3. The van der Waals surface area contributed by atoms with E-state index in [-0.39, 0.29) is 18.9 Å². The van der Waals surface area contributed by atoms with Crippen LogP contribution in [0.4, 0.5) is 0 Å². The number of rotatable bonds is 7. The number of nitrogens with zero attached hydrogens (tertiary/aromatic N) is 2. The van der Waals surface area contributed by atoms with E-state index < -0.39 is 17.9 Å². The summed E-state index contributed by atoms with van der Waals surface area (Å²) in [7, 11) is 1.60. The highest BCUT2D eigenvalue weighted by atomic mass is 16.7. The van der Waals surface area contributed by atoms with Crippen LogP contribution in [-0.2, 0) is 9.59 Å². The van der Waals surface area contributed by atoms with Crippen molar-refractivity contribution in [3.63, 3.8) is 0 Å². The molecular weight excluding hydrogens is 436 g/mol. The first kappa shape index (κ1) is 22.5. The molecule has 34 heavy (non-hydrogen) atoms. The van der Waals surface area contributed by atoms with Crippen molar-refractivity contribution in [3.8, 4) is 17.2 Å². The molecule has 0 aromatic heterocycles. The molecule has 1 N–H and O–H groups in total. The van der Waals surface area contributed by atoms with Gasteiger partial charge in [0.1, 0.15) is 11.7 Å². The molecule has 2 aromatic rings. The number of likely N-dealkylation sites (tertiary alicyclic amines) is 2. The minimum Gasteiger partial charge on any atom is -0.497 e. The van der Waals surface area contributed by atoms with E-state index in [1.54, 1.807) is 7.11 Å². The van der Waals surface area contributed by atoms with E-state index >= 15 is 0 Å². The van der Waals surface area contributed by atoms with E-state index in [9.17, 15) is 14.7 Å². The van der Waals surface area contributed by atoms with Gasteiger partial charge >= 0.3 is 5.97 Å². The van der Waals surface area contributed by atoms with Gasteiger partial charge in [-0.05, 0) is 61.3 Å². The molecule has 2 aromatic carbocycles. The number of methoxy groups -OCH3 is 1. The number of carbonyl (C=O) groups is 1. The Morgan fingerprint density at radius 2 is 1.82 bits per heavy atom. The molecule has 0 amide bonds. The number of aliphatic carboxylic acids is 1. The van der Waals surface area contributed by atoms with Crippen LogP contribution in [0.5, 0.6) is 17.2 Å². The molecule has 5 rings (SSSR count). The quantitative estimate of drug-likeness (QED) is 0.626. The summed E-state index contributed by atoms with van der Waals surface area (Å²) in [6.07, 6.45) is 3.31. The van der Waals surface area contributed by atoms with Crippen LogP contribution < -0.4 is 14.2 Å². The second kappa shape index (κ2) is 9.50. The van der Waals surface area contributed by atoms with Gasteiger partial charge in [0.25, 0.3) is 0 Å². The van der Waals surface area contributed by atoms with Crippen LogP contribution in [-0.4, -0.2) is 66.5 Å². The Hall–Kier alpha value is -3.32. The van der Waals surface area contributed by atoms with Gasteiger partial charge in [-0.2, -0.15) is 0 Å². The van der Waals surface area contributed by atoms with E-state index in [1.165, 1.54) is 6.08 Å². The molecule has 0 saturated carbocycles. The van der Waals surface area contributed by atoms with Crippen molar-refractivity contribution in [2.45, 2.75) is 31.0 Å². The summed E-state index contributed by atoms with van der Waals surface area (Å²) in [6, 6.07) is 12.7. The molecule has 2 saturated heterocycles. The first-order chi connectivity index (χ1) is 16.6. The Bertz CT molecular complexity index is 1090. The van der Waals surface area contributed by atoms with Crippen molar-refractivity contribution < 1.29 is 28.9 Å². The Morgan fingerprint density at radius 1 is 1.12 bits per heavy atom. The normalized spacial score (nSPS) is 25.1. The summed E-state index contributed by atoms with van der Waals surface area (Å²) in [5.74, 6) is 2.08. The van der Waals surface area contributed by atoms with Gasteiger partial charge in [-0.25, -0.2) is 4.79 Å². The zero-order valence-corrected chi connectivity index (χ0v) is 19.1. The maximum Gasteiger partial charge on any atom is 0.309 e. The molecule has 4 unspecified atom stereocenters. The van der Waals surface area contributed by atoms with Crippen LogP contribution in [0.2, 0.25) is 0 Å². The zero-order chi connectivity index (χ0) is 23.7. The third-order valence-electron chi connectivity index (χ3n) is 7.18. The van der Waals surface area contributed by atoms with E-state index in [2.05, 4.69) is 9.80 Å². The molecule has 8 heteroatoms. The number of hydrogen-bond acceptors (Lipinski definition) is 7. The molecule has 8 nitrogen and oxygen atoms in total. The van der Waals surface area contributed by atoms with E-state index in [4.69, 9.17) is 14.2 Å². The zero-order valence-electron chi connectivity index (χ0n) is 19.1. The third-order valence-corrected chi connectivity index (χ3v) is 7.18. The largest absolute Gasteiger partial charge is 0.497 e. The molecule has 2 fully saturated rings. The van der Waals surface area contributed by atoms with Gasteiger partial charge in [0.2, 0.25) is 6.79 Å². The molecule has 4 atom stereocenters. The van der Waals surface area contributed by atoms with Crippen molar-refractivity contribution >= 4 is 11.9 Å². The molecule has 3 heterocycles. The van der Waals surface area contributed by atoms with E-state index in [1.807, 2.05) is 48.4 Å². The molecule has 0 aliphatic carbocycles. The second-order valence-corrected chi connectivity index (χ2v) is 8.94. The van der Waals surface area contributed by atoms with Gasteiger partial charge in [0.05, 0.1) is 25.2 Å². The highest BCUT2D eigenvalue weighted by Gasteiger charge is 2.50. The molecule has 0 radical (unpaired) electrons. The van der Waals surface area contributed by atoms with E-state index in [0.717, 1.165) is 37.1 Å². The number of carboxylic acids is 1. The highest BCUT2D eigenvalue weighted by Crippen LogP contribution is 2.49. The lowest BCUT2D eigenvalue weighted by Crippen LogP contribution is -2.46. The molecule has 178 valence electrons. The summed E-state index contributed by atoms with van der Waals surface area (Å²) < 4.78 is 16.3. The van der Waals surface area contributed by atoms with Crippen molar-refractivity contribution in [1.29, 1.82) is 0 Å². The summed E-state index contributed by atoms with van der Waals surface area (Å²) in [6.45, 7) is 2.36. The lowest BCUT2D eigenvalue weighted by Gasteiger charge is -2.37. The number of carboxylic acid groups (broad SMARTS) is 1. The number of hydrogen-bond donors (Lipinski definition) is 1. The fourth-order valence-corrected chi connectivity index (χ4v) is 5.59. The first-order valence-corrected chi connectivity index (χ1v) is 11.6. The fourth-order valence-electron chi connectivity index (χ4n) is 5.59. The minimum atomic E-state index is -0.874. The lowest BCUT2D eigenvalue weighted by molar-refractivity contribution is -0.143. The van der Waals surface area contributed by atoms with Gasteiger partial charge in [0.15, 0.2) is 11.5 Å². The summed E-state index contributed by atoms with van der Waals surface area (Å²) in [5, 5.41) is 10.5. The van der Waals surface area contributed by atoms with Crippen LogP contribution in [0.15, 0.2) is 48.5 Å². The van der Waals surface area contributed by atoms with Crippen LogP contribution in [0, 0.1) is 5.92 Å². The Morgan fingerprint density at radius 3 is 2.50 bits per heavy atom. The predicted octanol–water partition coefficient (Wildman–Crippen LogP) is 3.07. The predicted molar refractivity (Wildman–Crippen MR) is 124 cm³/mol. The van der Waals surface area contributed by atoms with Gasteiger partial charge in [-0.3, -0.25) is 14.6 Å². The number of carbonyl (C=O) groups excluding carboxylic acids is 1. The SMILES string of the molecule is COc1ccc(C2C(C(=O)O)C(c3ccc4c(c3)OCO4)CN2C(C=C=O)N2CCCC2)cc1. The van der Waals surface area contributed by atoms with Crippen molar-refractivity contribution in [1.82, 2.24) is 9.80 Å². The maximum absolute atomic E-state index is 12.8. The summed E-state index contributed by atoms with van der Waals surface area (Å²) >= 11 is 0. The molecule has 0 bridgehead atoms. The smallest absolute Gasteiger partial charge is 0.309 e. The van der Waals surface area contributed by atoms with Crippen molar-refractivity contribution in [2.24, 2.45) is 5.92 Å². The van der Waals surface area contributed by atoms with Gasteiger partial charge < -0.3 is 19.3 Å². The fraction of sp³-hybridized carbons (Fsp3) is 0.423. The highest BCUT2D eigenvalue weighted by molar-refractivity contribution is 5.74. The molecule has 3 aliphatic rings. The van der Waals surface area contributed by atoms with Gasteiger partial charge in [-0.1, -0.05) is 18.2 Å². The number of benzene rings is 2. The maximum atomic E-state index is 12.8. The minimum absolute atomic E-state index is 0.160. The molecule has 0 spiro atoms. The Labute approximate surface area is 198 Å². The summed E-state index contributed by atoms with van der Waals surface area (Å²) in [5.41, 5.74) is 1.76. The lowest BCUT2D eigenvalue weighted by atomic mass is 9.82. The Balaban J connectivity index is 1.59. The standard InChI is InChI=1S/C26H28N2O6/c1-32-19-7-4-17(5-8-19)25-24(26(30)31)20(18-6-9-21-22(14-18)34-16-33-21)15-28(25)23(10-13-29)27-11-2-3-12-27/h4-10,14,20,23-25H,2-3,11-12,15-16H2,1H3,(H,30,31). The molecule has 3 aliphatic heterocycles. The first-order valence-electron chi connectivity index (χ1n) is 11.6. The van der Waals surface area contributed by atoms with Crippen molar-refractivity contribution in [3.05, 3.63) is 59.7 Å². The Kier molecular flexibility index (Phi) is 6.28. The van der Waals surface area contributed by atoms with Crippen LogP contribution in [0.1, 0.15) is 35.9 Å². The van der Waals surface area contributed by atoms with Crippen LogP contribution >= 0.6 is 0 Å². The van der Waals surface area contributed by atoms with Gasteiger partial charge in [0, 0.05) is 18.5 Å². The topological polar surface area (TPSA) is 88.5 Å². The van der Waals surface area contributed by atoms with Crippen molar-refractivity contribution in [2.75, 3.05) is 33.5 Å². The van der Waals surface area contributed by atoms with Gasteiger partial charge in [-0.15, -0.1) is 0 Å². The molecular formula is C26H28N2O6. The van der Waals surface area contributed by atoms with Crippen LogP contribution in [0.25, 0.3) is 0 Å². The number of fused-ring (bicyclic) bond motifs is 1. The average Bonchev–Trinajstić information content (AvgIpc) is 3.61.